The van der Waals surface area contributed by atoms with Crippen LogP contribution in [-0.4, -0.2) is 41.2 Å². The number of nitrogens with zero attached hydrogens (tertiary/aromatic N) is 1. The first-order chi connectivity index (χ1) is 16.8. The number of aryl methyl sites for hydroxylation is 2. The number of amides is 3. The smallest absolute Gasteiger partial charge is 0.330 e. The molecule has 0 saturated carbocycles. The summed E-state index contributed by atoms with van der Waals surface area (Å²) in [4.78, 5) is 53.0. The number of imide groups is 1. The summed E-state index contributed by atoms with van der Waals surface area (Å²) in [6.45, 7) is 3.30. The van der Waals surface area contributed by atoms with E-state index in [1.54, 1.807) is 0 Å². The Bertz CT molecular complexity index is 1140. The number of ether oxygens (including phenoxy) is 1. The zero-order valence-corrected chi connectivity index (χ0v) is 21.2. The van der Waals surface area contributed by atoms with Crippen molar-refractivity contribution in [2.24, 2.45) is 11.8 Å². The van der Waals surface area contributed by atoms with E-state index in [9.17, 15) is 19.2 Å². The van der Waals surface area contributed by atoms with Crippen molar-refractivity contribution in [3.8, 4) is 0 Å². The van der Waals surface area contributed by atoms with Crippen LogP contribution in [0.15, 0.2) is 59.1 Å². The van der Waals surface area contributed by atoms with Crippen molar-refractivity contribution in [3.05, 3.63) is 75.8 Å². The summed E-state index contributed by atoms with van der Waals surface area (Å²) in [5, 5.41) is 2.73. The van der Waals surface area contributed by atoms with Gasteiger partial charge in [0.1, 0.15) is 6.04 Å². The summed E-state index contributed by atoms with van der Waals surface area (Å²) in [5.41, 5.74) is 3.30. The lowest BCUT2D eigenvalue weighted by molar-refractivity contribution is -0.159. The molecule has 0 unspecified atom stereocenters. The first kappa shape index (κ1) is 24.9. The molecular weight excluding hydrogens is 512 g/mol. The van der Waals surface area contributed by atoms with Crippen LogP contribution in [-0.2, 0) is 30.3 Å². The van der Waals surface area contributed by atoms with Crippen molar-refractivity contribution in [2.45, 2.75) is 39.2 Å². The van der Waals surface area contributed by atoms with Crippen molar-refractivity contribution in [1.29, 1.82) is 0 Å². The van der Waals surface area contributed by atoms with Gasteiger partial charge in [0.2, 0.25) is 11.8 Å². The number of carbonyl (C=O) groups is 4. The molecule has 0 radical (unpaired) electrons. The largest absolute Gasteiger partial charge is 0.454 e. The summed E-state index contributed by atoms with van der Waals surface area (Å²) < 4.78 is 6.29. The third kappa shape index (κ3) is 5.37. The summed E-state index contributed by atoms with van der Waals surface area (Å²) >= 11 is 3.49. The molecule has 2 aliphatic rings. The highest BCUT2D eigenvalue weighted by Gasteiger charge is 2.51. The van der Waals surface area contributed by atoms with Crippen LogP contribution in [0.2, 0.25) is 0 Å². The summed E-state index contributed by atoms with van der Waals surface area (Å²) in [5.74, 6) is -2.90. The van der Waals surface area contributed by atoms with Crippen molar-refractivity contribution in [1.82, 2.24) is 4.90 Å². The number of rotatable bonds is 7. The topological polar surface area (TPSA) is 92.8 Å². The van der Waals surface area contributed by atoms with E-state index in [0.717, 1.165) is 26.1 Å². The van der Waals surface area contributed by atoms with E-state index in [0.29, 0.717) is 18.5 Å². The van der Waals surface area contributed by atoms with Gasteiger partial charge >= 0.3 is 5.97 Å². The van der Waals surface area contributed by atoms with Crippen LogP contribution in [0.25, 0.3) is 0 Å². The molecule has 3 atom stereocenters. The van der Waals surface area contributed by atoms with Crippen LogP contribution in [0.5, 0.6) is 0 Å². The van der Waals surface area contributed by atoms with Crippen LogP contribution in [0, 0.1) is 25.7 Å². The van der Waals surface area contributed by atoms with Gasteiger partial charge in [-0.2, -0.15) is 0 Å². The lowest BCUT2D eigenvalue weighted by Crippen LogP contribution is -2.48. The van der Waals surface area contributed by atoms with E-state index >= 15 is 0 Å². The van der Waals surface area contributed by atoms with Crippen LogP contribution >= 0.6 is 15.9 Å². The fraction of sp³-hybridized carbons (Fsp3) is 0.333. The van der Waals surface area contributed by atoms with Crippen molar-refractivity contribution in [3.63, 3.8) is 0 Å². The first-order valence-electron chi connectivity index (χ1n) is 11.6. The van der Waals surface area contributed by atoms with Gasteiger partial charge in [0.15, 0.2) is 6.61 Å². The van der Waals surface area contributed by atoms with E-state index in [-0.39, 0.29) is 18.2 Å². The molecule has 0 spiro atoms. The number of allylic oxidation sites excluding steroid dienone is 2. The second kappa shape index (κ2) is 10.6. The Morgan fingerprint density at radius 2 is 1.60 bits per heavy atom. The average molecular weight is 539 g/mol. The van der Waals surface area contributed by atoms with Crippen LogP contribution in [0.3, 0.4) is 0 Å². The molecule has 8 heteroatoms. The quantitative estimate of drug-likeness (QED) is 0.325. The number of hydrogen-bond donors (Lipinski definition) is 1. The number of nitrogens with one attached hydrogen (secondary N) is 1. The van der Waals surface area contributed by atoms with Gasteiger partial charge in [-0.25, -0.2) is 4.79 Å². The van der Waals surface area contributed by atoms with E-state index in [4.69, 9.17) is 4.74 Å². The molecule has 35 heavy (non-hydrogen) atoms. The molecule has 1 fully saturated rings. The van der Waals surface area contributed by atoms with E-state index in [1.165, 1.54) is 0 Å². The number of carbonyl (C=O) groups excluding carboxylic acids is 4. The molecule has 1 aliphatic carbocycles. The predicted octanol–water partition coefficient (Wildman–Crippen LogP) is 4.11. The third-order valence-electron chi connectivity index (χ3n) is 6.46. The Morgan fingerprint density at radius 3 is 2.17 bits per heavy atom. The number of anilines is 1. The molecule has 2 aromatic carbocycles. The highest BCUT2D eigenvalue weighted by molar-refractivity contribution is 9.10. The lowest BCUT2D eigenvalue weighted by Gasteiger charge is -2.25. The number of likely N-dealkylation sites (tertiary alicyclic amines) is 1. The molecule has 2 aromatic rings. The minimum absolute atomic E-state index is 0.122. The Kier molecular flexibility index (Phi) is 7.50. The van der Waals surface area contributed by atoms with Gasteiger partial charge in [0, 0.05) is 16.6 Å². The first-order valence-corrected chi connectivity index (χ1v) is 12.3. The molecule has 182 valence electrons. The molecule has 1 heterocycles. The number of halogens is 1. The third-order valence-corrected chi connectivity index (χ3v) is 7.71. The van der Waals surface area contributed by atoms with Crippen LogP contribution in [0.4, 0.5) is 5.69 Å². The fourth-order valence-corrected chi connectivity index (χ4v) is 4.93. The van der Waals surface area contributed by atoms with E-state index in [2.05, 4.69) is 21.2 Å². The monoisotopic (exact) mass is 538 g/mol. The zero-order valence-electron chi connectivity index (χ0n) is 19.6. The van der Waals surface area contributed by atoms with E-state index in [1.807, 2.05) is 68.5 Å². The minimum atomic E-state index is -1.13. The normalized spacial score (nSPS) is 19.9. The minimum Gasteiger partial charge on any atom is -0.454 e. The van der Waals surface area contributed by atoms with Crippen LogP contribution < -0.4 is 5.32 Å². The average Bonchev–Trinajstić information content (AvgIpc) is 3.10. The van der Waals surface area contributed by atoms with Crippen molar-refractivity contribution < 1.29 is 23.9 Å². The molecule has 7 nitrogen and oxygen atoms in total. The highest BCUT2D eigenvalue weighted by Crippen LogP contribution is 2.36. The zero-order chi connectivity index (χ0) is 25.1. The Labute approximate surface area is 212 Å². The molecule has 1 aliphatic heterocycles. The maximum Gasteiger partial charge on any atom is 0.330 e. The van der Waals surface area contributed by atoms with Crippen LogP contribution in [0.1, 0.15) is 29.5 Å². The molecule has 4 rings (SSSR count). The lowest BCUT2D eigenvalue weighted by atomic mass is 9.85. The second-order valence-corrected chi connectivity index (χ2v) is 9.78. The molecule has 0 bridgehead atoms. The summed E-state index contributed by atoms with van der Waals surface area (Å²) in [6, 6.07) is 11.6. The van der Waals surface area contributed by atoms with Crippen molar-refractivity contribution >= 4 is 45.3 Å². The number of benzene rings is 2. The highest BCUT2D eigenvalue weighted by atomic mass is 79.9. The van der Waals surface area contributed by atoms with Gasteiger partial charge < -0.3 is 10.1 Å². The number of hydrogen-bond acceptors (Lipinski definition) is 5. The predicted molar refractivity (Wildman–Crippen MR) is 134 cm³/mol. The van der Waals surface area contributed by atoms with Gasteiger partial charge in [0.05, 0.1) is 11.8 Å². The molecular formula is C27H27BrN2O5. The van der Waals surface area contributed by atoms with Gasteiger partial charge in [-0.1, -0.05) is 58.4 Å². The van der Waals surface area contributed by atoms with E-state index < -0.39 is 36.4 Å². The van der Waals surface area contributed by atoms with Gasteiger partial charge in [-0.15, -0.1) is 0 Å². The maximum absolute atomic E-state index is 13.2. The molecule has 1 saturated heterocycles. The molecule has 1 N–H and O–H groups in total. The summed E-state index contributed by atoms with van der Waals surface area (Å²) in [7, 11) is 0. The molecule has 0 aromatic heterocycles. The van der Waals surface area contributed by atoms with Crippen molar-refractivity contribution in [2.75, 3.05) is 11.9 Å². The maximum atomic E-state index is 13.2. The Hall–Kier alpha value is -3.26. The fourth-order valence-electron chi connectivity index (χ4n) is 4.70. The number of esters is 1. The summed E-state index contributed by atoms with van der Waals surface area (Å²) in [6.07, 6.45) is 4.88. The van der Waals surface area contributed by atoms with Gasteiger partial charge in [-0.3, -0.25) is 19.3 Å². The van der Waals surface area contributed by atoms with Gasteiger partial charge in [0.25, 0.3) is 5.91 Å². The Morgan fingerprint density at radius 1 is 1.03 bits per heavy atom. The Balaban J connectivity index is 1.48. The SMILES string of the molecule is Cc1cc(NC(=O)COC(=O)[C@@H](Cc2ccccc2)N2C(=O)[C@H]3CC=CC[C@H]3C2=O)cc(C)c1Br. The van der Waals surface area contributed by atoms with Gasteiger partial charge in [-0.05, 0) is 55.5 Å². The standard InChI is InChI=1S/C27H27BrN2O5/c1-16-12-19(13-17(2)24(16)28)29-23(31)15-35-27(34)22(14-18-8-4-3-5-9-18)30-25(32)20-10-6-7-11-21(20)26(30)33/h3-9,12-13,20-22H,10-11,14-15H2,1-2H3,(H,29,31)/t20-,21+,22-/m1/s1. The number of fused-ring (bicyclic) bond motifs is 1. The molecule has 3 amide bonds. The second-order valence-electron chi connectivity index (χ2n) is 8.99.